The van der Waals surface area contributed by atoms with Crippen LogP contribution in [0.1, 0.15) is 16.2 Å². The molecule has 2 aromatic heterocycles. The number of aryl methyl sites for hydroxylation is 1. The maximum absolute atomic E-state index is 13.5. The summed E-state index contributed by atoms with van der Waals surface area (Å²) in [5.74, 6) is -1.03. The van der Waals surface area contributed by atoms with Crippen molar-refractivity contribution in [2.45, 2.75) is 6.92 Å². The third-order valence-electron chi connectivity index (χ3n) is 2.19. The van der Waals surface area contributed by atoms with Crippen molar-refractivity contribution in [3.8, 4) is 0 Å². The number of carbonyl (C=O) groups is 1. The van der Waals surface area contributed by atoms with Crippen LogP contribution in [0.4, 0.5) is 4.39 Å². The molecule has 0 N–H and O–H groups in total. The van der Waals surface area contributed by atoms with Gasteiger partial charge in [0.15, 0.2) is 17.2 Å². The lowest BCUT2D eigenvalue weighted by Gasteiger charge is -2.01. The van der Waals surface area contributed by atoms with Crippen LogP contribution in [0.2, 0.25) is 0 Å². The van der Waals surface area contributed by atoms with Crippen LogP contribution in [0, 0.1) is 12.7 Å². The van der Waals surface area contributed by atoms with E-state index in [4.69, 9.17) is 0 Å². The topological polar surface area (TPSA) is 43.6 Å². The summed E-state index contributed by atoms with van der Waals surface area (Å²) in [7, 11) is 1.27. The molecule has 0 aliphatic carbocycles. The van der Waals surface area contributed by atoms with E-state index >= 15 is 0 Å². The number of pyridine rings is 1. The molecule has 4 nitrogen and oxygen atoms in total. The molecule has 0 unspecified atom stereocenters. The Balaban J connectivity index is 2.83. The average Bonchev–Trinajstić information content (AvgIpc) is 2.54. The highest BCUT2D eigenvalue weighted by atomic mass is 79.9. The van der Waals surface area contributed by atoms with Crippen LogP contribution in [0.15, 0.2) is 16.7 Å². The summed E-state index contributed by atoms with van der Waals surface area (Å²) in [6.45, 7) is 1.63. The fourth-order valence-electron chi connectivity index (χ4n) is 1.53. The molecule has 0 amide bonds. The maximum Gasteiger partial charge on any atom is 0.356 e. The van der Waals surface area contributed by atoms with Crippen LogP contribution in [0.5, 0.6) is 0 Å². The molecule has 0 aliphatic rings. The number of hydrogen-bond acceptors (Lipinski definition) is 3. The van der Waals surface area contributed by atoms with Crippen molar-refractivity contribution < 1.29 is 13.9 Å². The Hall–Kier alpha value is -1.43. The molecular weight excluding hydrogens is 279 g/mol. The second-order valence-corrected chi connectivity index (χ2v) is 4.15. The third kappa shape index (κ3) is 1.59. The van der Waals surface area contributed by atoms with Gasteiger partial charge in [0.2, 0.25) is 0 Å². The van der Waals surface area contributed by atoms with Gasteiger partial charge in [0, 0.05) is 10.7 Å². The zero-order valence-corrected chi connectivity index (χ0v) is 10.2. The van der Waals surface area contributed by atoms with E-state index in [1.165, 1.54) is 17.6 Å². The molecule has 0 atom stereocenters. The van der Waals surface area contributed by atoms with Crippen molar-refractivity contribution in [1.29, 1.82) is 0 Å². The van der Waals surface area contributed by atoms with Crippen molar-refractivity contribution in [3.05, 3.63) is 33.9 Å². The smallest absolute Gasteiger partial charge is 0.356 e. The van der Waals surface area contributed by atoms with Gasteiger partial charge in [-0.1, -0.05) is 0 Å². The van der Waals surface area contributed by atoms with Gasteiger partial charge in [-0.25, -0.2) is 14.2 Å². The van der Waals surface area contributed by atoms with Crippen molar-refractivity contribution in [3.63, 3.8) is 0 Å². The molecule has 0 spiro atoms. The minimum absolute atomic E-state index is 0.112. The van der Waals surface area contributed by atoms with Gasteiger partial charge in [0.25, 0.3) is 0 Å². The number of hydrogen-bond donors (Lipinski definition) is 0. The van der Waals surface area contributed by atoms with Gasteiger partial charge in [-0.05, 0) is 28.9 Å². The number of rotatable bonds is 1. The zero-order valence-electron chi connectivity index (χ0n) is 8.62. The summed E-state index contributed by atoms with van der Waals surface area (Å²) in [6, 6.07) is 1.29. The van der Waals surface area contributed by atoms with Gasteiger partial charge in [0.05, 0.1) is 12.8 Å². The van der Waals surface area contributed by atoms with Crippen LogP contribution in [0.25, 0.3) is 5.65 Å². The molecule has 2 aromatic rings. The Labute approximate surface area is 99.2 Å². The summed E-state index contributed by atoms with van der Waals surface area (Å²) < 4.78 is 20.1. The van der Waals surface area contributed by atoms with E-state index in [1.807, 2.05) is 0 Å². The Morgan fingerprint density at radius 3 is 2.94 bits per heavy atom. The molecule has 6 heteroatoms. The molecule has 16 heavy (non-hydrogen) atoms. The lowest BCUT2D eigenvalue weighted by atomic mass is 10.3. The van der Waals surface area contributed by atoms with Gasteiger partial charge in [-0.15, -0.1) is 0 Å². The second kappa shape index (κ2) is 3.86. The van der Waals surface area contributed by atoms with Crippen LogP contribution >= 0.6 is 15.9 Å². The minimum atomic E-state index is -0.539. The van der Waals surface area contributed by atoms with Crippen molar-refractivity contribution in [2.24, 2.45) is 0 Å². The van der Waals surface area contributed by atoms with E-state index < -0.39 is 11.8 Å². The first-order valence-electron chi connectivity index (χ1n) is 4.46. The molecule has 0 saturated heterocycles. The van der Waals surface area contributed by atoms with Gasteiger partial charge in [-0.3, -0.25) is 4.40 Å². The first-order chi connectivity index (χ1) is 7.54. The van der Waals surface area contributed by atoms with Crippen LogP contribution in [-0.4, -0.2) is 22.5 Å². The Bertz CT molecular complexity index is 580. The van der Waals surface area contributed by atoms with Crippen LogP contribution in [-0.2, 0) is 4.74 Å². The van der Waals surface area contributed by atoms with E-state index in [1.54, 1.807) is 13.1 Å². The lowest BCUT2D eigenvalue weighted by molar-refractivity contribution is 0.0592. The highest BCUT2D eigenvalue weighted by Gasteiger charge is 2.19. The highest BCUT2D eigenvalue weighted by Crippen LogP contribution is 2.20. The number of aromatic nitrogens is 2. The van der Waals surface area contributed by atoms with Gasteiger partial charge in [-0.2, -0.15) is 0 Å². The fraction of sp³-hybridized carbons (Fsp3) is 0.200. The number of esters is 1. The summed E-state index contributed by atoms with van der Waals surface area (Å²) in [5, 5.41) is 0. The first kappa shape index (κ1) is 11.1. The van der Waals surface area contributed by atoms with Gasteiger partial charge < -0.3 is 4.74 Å². The van der Waals surface area contributed by atoms with E-state index in [-0.39, 0.29) is 11.3 Å². The Morgan fingerprint density at radius 2 is 2.31 bits per heavy atom. The molecule has 0 aliphatic heterocycles. The number of methoxy groups -OCH3 is 1. The number of imidazole rings is 1. The molecule has 0 radical (unpaired) electrons. The largest absolute Gasteiger partial charge is 0.464 e. The van der Waals surface area contributed by atoms with E-state index in [2.05, 4.69) is 25.7 Å². The Morgan fingerprint density at radius 1 is 1.62 bits per heavy atom. The monoisotopic (exact) mass is 286 g/mol. The molecular formula is C10H8BrFN2O2. The van der Waals surface area contributed by atoms with E-state index in [9.17, 15) is 9.18 Å². The lowest BCUT2D eigenvalue weighted by Crippen LogP contribution is -2.07. The predicted molar refractivity (Wildman–Crippen MR) is 58.9 cm³/mol. The van der Waals surface area contributed by atoms with Crippen molar-refractivity contribution in [2.75, 3.05) is 7.11 Å². The second-order valence-electron chi connectivity index (χ2n) is 3.24. The zero-order chi connectivity index (χ0) is 11.9. The molecule has 2 heterocycles. The number of carbonyl (C=O) groups excluding carboxylic acids is 1. The summed E-state index contributed by atoms with van der Waals surface area (Å²) >= 11 is 3.16. The van der Waals surface area contributed by atoms with Crippen LogP contribution in [0.3, 0.4) is 0 Å². The molecule has 0 fully saturated rings. The standard InChI is InChI=1S/C10H8BrFN2O2/c1-5-8(10(15)16-2)14-4-6(11)3-7(12)9(14)13-5/h3-4H,1-2H3. The molecule has 0 aromatic carbocycles. The first-order valence-corrected chi connectivity index (χ1v) is 5.26. The van der Waals surface area contributed by atoms with E-state index in [0.29, 0.717) is 10.2 Å². The summed E-state index contributed by atoms with van der Waals surface area (Å²) in [6.07, 6.45) is 1.57. The predicted octanol–water partition coefficient (Wildman–Crippen LogP) is 2.33. The highest BCUT2D eigenvalue weighted by molar-refractivity contribution is 9.10. The van der Waals surface area contributed by atoms with Crippen LogP contribution < -0.4 is 0 Å². The SMILES string of the molecule is COC(=O)c1c(C)nc2c(F)cc(Br)cn12. The van der Waals surface area contributed by atoms with Crippen molar-refractivity contribution in [1.82, 2.24) is 9.38 Å². The molecule has 0 bridgehead atoms. The summed E-state index contributed by atoms with van der Waals surface area (Å²) in [4.78, 5) is 15.5. The summed E-state index contributed by atoms with van der Waals surface area (Å²) in [5.41, 5.74) is 0.780. The number of fused-ring (bicyclic) bond motifs is 1. The fourth-order valence-corrected chi connectivity index (χ4v) is 1.93. The normalized spacial score (nSPS) is 10.8. The number of ether oxygens (including phenoxy) is 1. The average molecular weight is 287 g/mol. The number of nitrogens with zero attached hydrogens (tertiary/aromatic N) is 2. The molecule has 2 rings (SSSR count). The van der Waals surface area contributed by atoms with Gasteiger partial charge >= 0.3 is 5.97 Å². The van der Waals surface area contributed by atoms with E-state index in [0.717, 1.165) is 0 Å². The van der Waals surface area contributed by atoms with Gasteiger partial charge in [0.1, 0.15) is 0 Å². The molecule has 0 saturated carbocycles. The molecule has 84 valence electrons. The maximum atomic E-state index is 13.5. The van der Waals surface area contributed by atoms with Crippen molar-refractivity contribution >= 4 is 27.5 Å². The number of halogens is 2. The Kier molecular flexibility index (Phi) is 2.67. The minimum Gasteiger partial charge on any atom is -0.464 e. The quantitative estimate of drug-likeness (QED) is 0.756. The third-order valence-corrected chi connectivity index (χ3v) is 2.63.